The van der Waals surface area contributed by atoms with E-state index in [1.54, 1.807) is 25.6 Å². The molecular formula is C35H44CoN2O7. The molecule has 45 heavy (non-hydrogen) atoms. The zero-order valence-electron chi connectivity index (χ0n) is 27.9. The smallest absolute Gasteiger partial charge is 0.550 e. The molecule has 2 N–H and O–H groups in total. The van der Waals surface area contributed by atoms with Crippen LogP contribution < -0.4 is 14.9 Å². The van der Waals surface area contributed by atoms with E-state index in [0.29, 0.717) is 28.3 Å². The third kappa shape index (κ3) is 13.6. The Balaban J connectivity index is 0.00000192. The van der Waals surface area contributed by atoms with E-state index in [2.05, 4.69) is 51.5 Å². The number of rotatable bonds is 5. The summed E-state index contributed by atoms with van der Waals surface area (Å²) in [5.74, 6) is -1.10. The predicted molar refractivity (Wildman–Crippen MR) is 172 cm³/mol. The fourth-order valence-corrected chi connectivity index (χ4v) is 3.80. The molecule has 0 aliphatic carbocycles. The van der Waals surface area contributed by atoms with Crippen LogP contribution in [0.4, 0.5) is 11.4 Å². The fraction of sp³-hybridized carbons (Fsp3) is 0.371. The average molecular weight is 664 g/mol. The van der Waals surface area contributed by atoms with Crippen molar-refractivity contribution in [2.75, 3.05) is 7.11 Å². The first-order valence-electron chi connectivity index (χ1n) is 14.0. The summed E-state index contributed by atoms with van der Waals surface area (Å²) in [6.07, 6.45) is 3.33. The second-order valence-electron chi connectivity index (χ2n) is 12.3. The normalized spacial score (nSPS) is 11.2. The topological polar surface area (TPSA) is 155 Å². The molecule has 245 valence electrons. The van der Waals surface area contributed by atoms with Gasteiger partial charge in [0.15, 0.2) is 0 Å². The Kier molecular flexibility index (Phi) is 15.8. The maximum absolute atomic E-state index is 10.7. The second kappa shape index (κ2) is 17.4. The molecule has 0 saturated carbocycles. The maximum atomic E-state index is 10.7. The number of aliphatic imine (C=N–C) groups is 2. The Morgan fingerprint density at radius 2 is 1.07 bits per heavy atom. The molecule has 0 heterocycles. The van der Waals surface area contributed by atoms with Gasteiger partial charge >= 0.3 is 16.8 Å². The van der Waals surface area contributed by atoms with Gasteiger partial charge in [-0.3, -0.25) is 9.98 Å². The summed E-state index contributed by atoms with van der Waals surface area (Å²) in [7, 11) is 1.60. The summed E-state index contributed by atoms with van der Waals surface area (Å²) in [5, 5.41) is 39.1. The number of carboxylic acids is 2. The molecule has 0 aliphatic heterocycles. The maximum Gasteiger partial charge on any atom is 2.00 e. The number of nitrogens with zero attached hydrogens (tertiary/aromatic N) is 2. The van der Waals surface area contributed by atoms with Gasteiger partial charge in [0.05, 0.1) is 18.5 Å². The van der Waals surface area contributed by atoms with Gasteiger partial charge in [0, 0.05) is 41.6 Å². The van der Waals surface area contributed by atoms with E-state index >= 15 is 0 Å². The van der Waals surface area contributed by atoms with Crippen LogP contribution in [0.25, 0.3) is 0 Å². The van der Waals surface area contributed by atoms with Crippen molar-refractivity contribution in [2.24, 2.45) is 9.98 Å². The van der Waals surface area contributed by atoms with Gasteiger partial charge in [0.25, 0.3) is 0 Å². The van der Waals surface area contributed by atoms with Crippen LogP contribution in [0.15, 0.2) is 52.4 Å². The Labute approximate surface area is 276 Å². The van der Waals surface area contributed by atoms with Gasteiger partial charge in [-0.15, -0.1) is 0 Å². The number of phenols is 2. The monoisotopic (exact) mass is 663 g/mol. The minimum absolute atomic E-state index is 0. The van der Waals surface area contributed by atoms with Crippen molar-refractivity contribution in [1.82, 2.24) is 0 Å². The van der Waals surface area contributed by atoms with Crippen LogP contribution in [0.3, 0.4) is 0 Å². The Morgan fingerprint density at radius 1 is 0.711 bits per heavy atom. The number of aliphatic carboxylic acids is 2. The van der Waals surface area contributed by atoms with Gasteiger partial charge in [-0.25, -0.2) is 0 Å². The summed E-state index contributed by atoms with van der Waals surface area (Å²) in [6, 6.07) is 13.4. The van der Waals surface area contributed by atoms with Gasteiger partial charge < -0.3 is 34.8 Å². The van der Waals surface area contributed by atoms with Crippen molar-refractivity contribution in [3.63, 3.8) is 0 Å². The van der Waals surface area contributed by atoms with Crippen LogP contribution in [0.2, 0.25) is 0 Å². The molecule has 0 bridgehead atoms. The molecule has 0 atom stereocenters. The number of ether oxygens (including phenoxy) is 1. The number of carbonyl (C=O) groups is 2. The van der Waals surface area contributed by atoms with Crippen LogP contribution in [-0.2, 0) is 37.2 Å². The van der Waals surface area contributed by atoms with E-state index in [1.165, 1.54) is 0 Å². The number of aryl methyl sites for hydroxylation is 2. The van der Waals surface area contributed by atoms with Crippen LogP contribution in [0.1, 0.15) is 88.8 Å². The third-order valence-corrected chi connectivity index (χ3v) is 6.26. The zero-order chi connectivity index (χ0) is 34.0. The molecule has 0 spiro atoms. The number of carbonyl (C=O) groups excluding carboxylic acids is 2. The number of benzene rings is 3. The van der Waals surface area contributed by atoms with Gasteiger partial charge in [-0.05, 0) is 85.0 Å². The SMILES string of the molecule is CC(=O)[O-].CC(=O)[O-].COc1ccc(N=Cc2cc(C(C)(C)C)cc(C)c2O)c(N=Cc2cc(C(C)(C)C)cc(C)c2O)c1.[Co+2]. The molecule has 1 radical (unpaired) electrons. The van der Waals surface area contributed by atoms with Crippen molar-refractivity contribution >= 4 is 35.7 Å². The van der Waals surface area contributed by atoms with Crippen molar-refractivity contribution in [1.29, 1.82) is 0 Å². The number of hydrogen-bond acceptors (Lipinski definition) is 9. The van der Waals surface area contributed by atoms with E-state index in [1.807, 2.05) is 50.2 Å². The van der Waals surface area contributed by atoms with Gasteiger partial charge in [0.1, 0.15) is 17.2 Å². The van der Waals surface area contributed by atoms with Gasteiger partial charge in [-0.2, -0.15) is 0 Å². The van der Waals surface area contributed by atoms with E-state index in [-0.39, 0.29) is 39.1 Å². The first kappa shape index (κ1) is 40.8. The van der Waals surface area contributed by atoms with Crippen molar-refractivity contribution in [3.8, 4) is 17.2 Å². The molecule has 3 aromatic carbocycles. The summed E-state index contributed by atoms with van der Waals surface area (Å²) < 4.78 is 5.40. The first-order valence-corrected chi connectivity index (χ1v) is 14.0. The molecule has 0 aliphatic rings. The zero-order valence-corrected chi connectivity index (χ0v) is 28.9. The summed E-state index contributed by atoms with van der Waals surface area (Å²) in [5.41, 5.74) is 6.23. The molecule has 9 nitrogen and oxygen atoms in total. The van der Waals surface area contributed by atoms with Gasteiger partial charge in [0.2, 0.25) is 0 Å². The molecule has 0 saturated heterocycles. The molecule has 10 heteroatoms. The summed E-state index contributed by atoms with van der Waals surface area (Å²) in [6.45, 7) is 18.6. The molecular weight excluding hydrogens is 619 g/mol. The summed E-state index contributed by atoms with van der Waals surface area (Å²) in [4.78, 5) is 27.1. The second-order valence-corrected chi connectivity index (χ2v) is 12.3. The molecule has 0 aromatic heterocycles. The minimum atomic E-state index is -1.08. The summed E-state index contributed by atoms with van der Waals surface area (Å²) >= 11 is 0. The Morgan fingerprint density at radius 3 is 1.40 bits per heavy atom. The number of phenolic OH excluding ortho intramolecular Hbond substituents is 2. The predicted octanol–water partition coefficient (Wildman–Crippen LogP) is 5.33. The average Bonchev–Trinajstić information content (AvgIpc) is 2.88. The third-order valence-electron chi connectivity index (χ3n) is 6.26. The molecule has 0 amide bonds. The number of hydrogen-bond donors (Lipinski definition) is 2. The number of carboxylic acid groups (broad SMARTS) is 2. The van der Waals surface area contributed by atoms with Crippen LogP contribution in [-0.4, -0.2) is 41.7 Å². The van der Waals surface area contributed by atoms with E-state index in [0.717, 1.165) is 36.1 Å². The van der Waals surface area contributed by atoms with Crippen molar-refractivity contribution in [3.05, 3.63) is 75.8 Å². The van der Waals surface area contributed by atoms with Crippen molar-refractivity contribution in [2.45, 2.75) is 80.1 Å². The van der Waals surface area contributed by atoms with Crippen molar-refractivity contribution < 1.29 is 51.5 Å². The number of methoxy groups -OCH3 is 1. The molecule has 3 aromatic rings. The van der Waals surface area contributed by atoms with E-state index < -0.39 is 11.9 Å². The molecule has 0 fully saturated rings. The van der Waals surface area contributed by atoms with Crippen LogP contribution in [0, 0.1) is 13.8 Å². The standard InChI is InChI=1S/C31H38N2O3.2C2H4O2.Co/c1-19-12-23(30(3,4)5)14-21(28(19)34)17-32-26-11-10-25(36-9)16-27(26)33-18-22-15-24(31(6,7)8)13-20(2)29(22)35;2*1-2(3)4;/h10-18,34-35H,1-9H3;2*1H3,(H,3,4);/q;;;+2/p-2. The quantitative estimate of drug-likeness (QED) is 0.350. The minimum Gasteiger partial charge on any atom is -0.550 e. The molecule has 3 rings (SSSR count). The van der Waals surface area contributed by atoms with Gasteiger partial charge in [-0.1, -0.05) is 53.7 Å². The van der Waals surface area contributed by atoms with Crippen LogP contribution in [0.5, 0.6) is 17.2 Å². The first-order chi connectivity index (χ1) is 20.2. The largest absolute Gasteiger partial charge is 2.00 e. The molecule has 0 unspecified atom stereocenters. The fourth-order valence-electron chi connectivity index (χ4n) is 3.80. The van der Waals surface area contributed by atoms with E-state index in [9.17, 15) is 10.2 Å². The van der Waals surface area contributed by atoms with E-state index in [4.69, 9.17) is 24.5 Å². The Bertz CT molecular complexity index is 1510. The van der Waals surface area contributed by atoms with Crippen LogP contribution >= 0.6 is 0 Å². The Hall–Kier alpha value is -4.15. The number of aromatic hydroxyl groups is 2.